The van der Waals surface area contributed by atoms with Crippen LogP contribution in [0.25, 0.3) is 22.3 Å². The van der Waals surface area contributed by atoms with Crippen LogP contribution in [-0.4, -0.2) is 61.3 Å². The third-order valence-corrected chi connectivity index (χ3v) is 6.04. The first-order chi connectivity index (χ1) is 16.3. The summed E-state index contributed by atoms with van der Waals surface area (Å²) in [6.07, 6.45) is 0. The Bertz CT molecular complexity index is 1210. The van der Waals surface area contributed by atoms with Crippen LogP contribution >= 0.6 is 0 Å². The zero-order chi connectivity index (χ0) is 22.5. The maximum absolute atomic E-state index is 6.21. The predicted molar refractivity (Wildman–Crippen MR) is 132 cm³/mol. The van der Waals surface area contributed by atoms with Gasteiger partial charge in [0.25, 0.3) is 0 Å². The molecule has 0 unspecified atom stereocenters. The van der Waals surface area contributed by atoms with E-state index >= 15 is 0 Å². The summed E-state index contributed by atoms with van der Waals surface area (Å²) < 4.78 is 11.7. The number of fused-ring (bicyclic) bond motifs is 1. The minimum atomic E-state index is 0.587. The Kier molecular flexibility index (Phi) is 6.35. The van der Waals surface area contributed by atoms with Gasteiger partial charge in [0, 0.05) is 38.3 Å². The van der Waals surface area contributed by atoms with Crippen molar-refractivity contribution in [1.82, 2.24) is 14.9 Å². The summed E-state index contributed by atoms with van der Waals surface area (Å²) in [7, 11) is 1.73. The zero-order valence-corrected chi connectivity index (χ0v) is 18.9. The van der Waals surface area contributed by atoms with Crippen molar-refractivity contribution in [2.75, 3.05) is 51.3 Å². The van der Waals surface area contributed by atoms with E-state index in [0.717, 1.165) is 60.6 Å². The van der Waals surface area contributed by atoms with Crippen molar-refractivity contribution >= 4 is 16.6 Å². The Morgan fingerprint density at radius 3 is 2.33 bits per heavy atom. The van der Waals surface area contributed by atoms with Gasteiger partial charge in [0.15, 0.2) is 5.82 Å². The lowest BCUT2D eigenvalue weighted by Gasteiger charge is -2.36. The highest BCUT2D eigenvalue weighted by Crippen LogP contribution is 2.29. The third kappa shape index (κ3) is 4.76. The minimum Gasteiger partial charge on any atom is -0.495 e. The Labute approximate surface area is 194 Å². The monoisotopic (exact) mass is 440 g/mol. The van der Waals surface area contributed by atoms with Gasteiger partial charge in [-0.3, -0.25) is 4.90 Å². The first kappa shape index (κ1) is 21.2. The van der Waals surface area contributed by atoms with E-state index in [-0.39, 0.29) is 0 Å². The van der Waals surface area contributed by atoms with Gasteiger partial charge in [-0.25, -0.2) is 4.98 Å². The molecule has 1 aromatic heterocycles. The lowest BCUT2D eigenvalue weighted by molar-refractivity contribution is 0.198. The fourth-order valence-corrected chi connectivity index (χ4v) is 4.25. The number of nitrogens with zero attached hydrogens (tertiary/aromatic N) is 4. The quantitative estimate of drug-likeness (QED) is 0.422. The van der Waals surface area contributed by atoms with E-state index in [0.29, 0.717) is 18.3 Å². The highest BCUT2D eigenvalue weighted by atomic mass is 16.5. The van der Waals surface area contributed by atoms with E-state index in [2.05, 4.69) is 21.9 Å². The molecule has 0 atom stereocenters. The number of aromatic nitrogens is 2. The van der Waals surface area contributed by atoms with Crippen molar-refractivity contribution in [3.8, 4) is 23.0 Å². The fourth-order valence-electron chi connectivity index (χ4n) is 4.25. The molecule has 1 aliphatic heterocycles. The molecule has 1 saturated heterocycles. The summed E-state index contributed by atoms with van der Waals surface area (Å²) in [5, 5.41) is 0.943. The van der Waals surface area contributed by atoms with Crippen LogP contribution in [-0.2, 0) is 0 Å². The van der Waals surface area contributed by atoms with Crippen LogP contribution in [0.2, 0.25) is 0 Å². The molecule has 0 bridgehead atoms. The van der Waals surface area contributed by atoms with Gasteiger partial charge in [-0.1, -0.05) is 54.6 Å². The van der Waals surface area contributed by atoms with E-state index in [4.69, 9.17) is 19.4 Å². The normalized spacial score (nSPS) is 14.4. The molecule has 1 aliphatic rings. The Morgan fingerprint density at radius 1 is 0.788 bits per heavy atom. The van der Waals surface area contributed by atoms with Crippen molar-refractivity contribution < 1.29 is 9.47 Å². The van der Waals surface area contributed by atoms with Crippen LogP contribution < -0.4 is 14.4 Å². The summed E-state index contributed by atoms with van der Waals surface area (Å²) in [4.78, 5) is 14.3. The molecule has 1 fully saturated rings. The van der Waals surface area contributed by atoms with E-state index < -0.39 is 0 Å². The number of benzene rings is 3. The topological polar surface area (TPSA) is 50.7 Å². The van der Waals surface area contributed by atoms with E-state index in [1.165, 1.54) is 0 Å². The van der Waals surface area contributed by atoms with E-state index in [1.807, 2.05) is 66.7 Å². The van der Waals surface area contributed by atoms with Crippen LogP contribution in [0.3, 0.4) is 0 Å². The standard InChI is InChI=1S/C27H28N4O2/c1-32-25-14-8-7-13-24(25)31-17-15-30(16-18-31)19-20-33-27-22-11-5-6-12-23(22)28-26(29-27)21-9-3-2-4-10-21/h2-14H,15-20H2,1H3. The predicted octanol–water partition coefficient (Wildman–Crippen LogP) is 4.51. The van der Waals surface area contributed by atoms with E-state index in [9.17, 15) is 0 Å². The Morgan fingerprint density at radius 2 is 1.52 bits per heavy atom. The number of methoxy groups -OCH3 is 1. The number of para-hydroxylation sites is 3. The van der Waals surface area contributed by atoms with Crippen molar-refractivity contribution in [1.29, 1.82) is 0 Å². The first-order valence-electron chi connectivity index (χ1n) is 11.4. The second-order valence-corrected chi connectivity index (χ2v) is 8.08. The Hall–Kier alpha value is -3.64. The molecule has 0 spiro atoms. The molecule has 6 nitrogen and oxygen atoms in total. The molecule has 5 rings (SSSR count). The van der Waals surface area contributed by atoms with Gasteiger partial charge in [0.05, 0.1) is 23.7 Å². The lowest BCUT2D eigenvalue weighted by Crippen LogP contribution is -2.47. The largest absolute Gasteiger partial charge is 0.495 e. The van der Waals surface area contributed by atoms with Gasteiger partial charge in [-0.15, -0.1) is 0 Å². The number of anilines is 1. The molecule has 2 heterocycles. The maximum Gasteiger partial charge on any atom is 0.225 e. The van der Waals surface area contributed by atoms with Gasteiger partial charge in [-0.2, -0.15) is 4.98 Å². The molecular weight excluding hydrogens is 412 g/mol. The van der Waals surface area contributed by atoms with Gasteiger partial charge in [0.1, 0.15) is 12.4 Å². The van der Waals surface area contributed by atoms with Crippen molar-refractivity contribution in [3.05, 3.63) is 78.9 Å². The summed E-state index contributed by atoms with van der Waals surface area (Å²) in [5.41, 5.74) is 3.05. The molecule has 6 heteroatoms. The minimum absolute atomic E-state index is 0.587. The summed E-state index contributed by atoms with van der Waals surface area (Å²) >= 11 is 0. The molecular formula is C27H28N4O2. The average Bonchev–Trinajstić information content (AvgIpc) is 2.89. The number of rotatable bonds is 7. The van der Waals surface area contributed by atoms with Crippen molar-refractivity contribution in [3.63, 3.8) is 0 Å². The number of piperazine rings is 1. The highest BCUT2D eigenvalue weighted by molar-refractivity contribution is 5.85. The summed E-state index contributed by atoms with van der Waals surface area (Å²) in [6.45, 7) is 5.36. The summed E-state index contributed by atoms with van der Waals surface area (Å²) in [5.74, 6) is 2.26. The maximum atomic E-state index is 6.21. The lowest BCUT2D eigenvalue weighted by atomic mass is 10.2. The zero-order valence-electron chi connectivity index (χ0n) is 18.9. The number of hydrogen-bond donors (Lipinski definition) is 0. The molecule has 0 amide bonds. The molecule has 33 heavy (non-hydrogen) atoms. The highest BCUT2D eigenvalue weighted by Gasteiger charge is 2.19. The van der Waals surface area contributed by atoms with Crippen LogP contribution in [0.15, 0.2) is 78.9 Å². The number of ether oxygens (including phenoxy) is 2. The molecule has 168 valence electrons. The second kappa shape index (κ2) is 9.88. The van der Waals surface area contributed by atoms with Gasteiger partial charge in [-0.05, 0) is 24.3 Å². The number of hydrogen-bond acceptors (Lipinski definition) is 6. The fraction of sp³-hybridized carbons (Fsp3) is 0.259. The van der Waals surface area contributed by atoms with Crippen LogP contribution in [0, 0.1) is 0 Å². The third-order valence-electron chi connectivity index (χ3n) is 6.04. The Balaban J connectivity index is 1.23. The van der Waals surface area contributed by atoms with Gasteiger partial charge < -0.3 is 14.4 Å². The van der Waals surface area contributed by atoms with Crippen LogP contribution in [0.5, 0.6) is 11.6 Å². The van der Waals surface area contributed by atoms with Crippen LogP contribution in [0.1, 0.15) is 0 Å². The first-order valence-corrected chi connectivity index (χ1v) is 11.4. The second-order valence-electron chi connectivity index (χ2n) is 8.08. The van der Waals surface area contributed by atoms with Gasteiger partial charge >= 0.3 is 0 Å². The smallest absolute Gasteiger partial charge is 0.225 e. The molecule has 4 aromatic rings. The molecule has 0 radical (unpaired) electrons. The molecule has 0 aliphatic carbocycles. The average molecular weight is 441 g/mol. The molecule has 3 aromatic carbocycles. The molecule has 0 saturated carbocycles. The van der Waals surface area contributed by atoms with Crippen molar-refractivity contribution in [2.45, 2.75) is 0 Å². The van der Waals surface area contributed by atoms with Gasteiger partial charge in [0.2, 0.25) is 5.88 Å². The molecule has 0 N–H and O–H groups in total. The summed E-state index contributed by atoms with van der Waals surface area (Å²) in [6, 6.07) is 26.3. The van der Waals surface area contributed by atoms with Crippen LogP contribution in [0.4, 0.5) is 5.69 Å². The SMILES string of the molecule is COc1ccccc1N1CCN(CCOc2nc(-c3ccccc3)nc3ccccc23)CC1. The van der Waals surface area contributed by atoms with Crippen molar-refractivity contribution in [2.24, 2.45) is 0 Å². The van der Waals surface area contributed by atoms with E-state index in [1.54, 1.807) is 7.11 Å².